The van der Waals surface area contributed by atoms with Crippen molar-refractivity contribution in [3.05, 3.63) is 0 Å². The van der Waals surface area contributed by atoms with Crippen LogP contribution < -0.4 is 5.32 Å². The zero-order chi connectivity index (χ0) is 5.28. The van der Waals surface area contributed by atoms with Crippen molar-refractivity contribution in [3.8, 4) is 0 Å². The van der Waals surface area contributed by atoms with Gasteiger partial charge in [-0.3, -0.25) is 5.41 Å². The van der Waals surface area contributed by atoms with E-state index in [2.05, 4.69) is 5.32 Å². The van der Waals surface area contributed by atoms with Crippen molar-refractivity contribution in [3.63, 3.8) is 0 Å². The molecule has 2 N–H and O–H groups in total. The van der Waals surface area contributed by atoms with Crippen LogP contribution in [0.25, 0.3) is 0 Å². The molecule has 0 spiro atoms. The molecule has 0 aromatic carbocycles. The van der Waals surface area contributed by atoms with Crippen LogP contribution in [0, 0.1) is 5.41 Å². The molecule has 8 heavy (non-hydrogen) atoms. The monoisotopic (exact) mass is 134 g/mol. The maximum atomic E-state index is 6.95. The van der Waals surface area contributed by atoms with Gasteiger partial charge in [-0.1, -0.05) is 0 Å². The van der Waals surface area contributed by atoms with Crippen molar-refractivity contribution in [2.24, 2.45) is 0 Å². The third-order valence-electron chi connectivity index (χ3n) is 0.998. The minimum atomic E-state index is 0. The second-order valence-corrected chi connectivity index (χ2v) is 2.04. The van der Waals surface area contributed by atoms with Crippen LogP contribution in [0.3, 0.4) is 0 Å². The van der Waals surface area contributed by atoms with Crippen LogP contribution in [0.5, 0.6) is 0 Å². The Labute approximate surface area is 55.6 Å². The van der Waals surface area contributed by atoms with Crippen molar-refractivity contribution in [2.75, 3.05) is 0 Å². The van der Waals surface area contributed by atoms with Gasteiger partial charge >= 0.3 is 0 Å². The maximum absolute atomic E-state index is 6.95. The molecule has 0 aromatic heterocycles. The summed E-state index contributed by atoms with van der Waals surface area (Å²) in [6.07, 6.45) is 2.52. The Morgan fingerprint density at radius 3 is 2.25 bits per heavy atom. The first-order chi connectivity index (χ1) is 3.29. The van der Waals surface area contributed by atoms with Crippen molar-refractivity contribution >= 4 is 18.2 Å². The average Bonchev–Trinajstić information content (AvgIpc) is 2.17. The number of nitrogens with one attached hydrogen (secondary N) is 2. The summed E-state index contributed by atoms with van der Waals surface area (Å²) < 4.78 is 0. The van der Waals surface area contributed by atoms with Gasteiger partial charge in [0.2, 0.25) is 0 Å². The molecular weight excluding hydrogens is 124 g/mol. The molecule has 0 aromatic rings. The lowest BCUT2D eigenvalue weighted by Gasteiger charge is -1.95. The number of halogens is 1. The summed E-state index contributed by atoms with van der Waals surface area (Å²) in [5, 5.41) is 9.95. The SMILES string of the molecule is CC(=N)NC1CC1.Cl. The summed E-state index contributed by atoms with van der Waals surface area (Å²) in [5.41, 5.74) is 0. The van der Waals surface area contributed by atoms with Gasteiger partial charge in [-0.05, 0) is 19.8 Å². The highest BCUT2D eigenvalue weighted by Gasteiger charge is 2.20. The van der Waals surface area contributed by atoms with Crippen molar-refractivity contribution in [2.45, 2.75) is 25.8 Å². The molecule has 2 nitrogen and oxygen atoms in total. The van der Waals surface area contributed by atoms with E-state index in [1.165, 1.54) is 12.8 Å². The molecular formula is C5H11ClN2. The minimum Gasteiger partial charge on any atom is -0.372 e. The van der Waals surface area contributed by atoms with E-state index in [4.69, 9.17) is 5.41 Å². The Bertz CT molecular complexity index is 88.4. The molecule has 0 radical (unpaired) electrons. The maximum Gasteiger partial charge on any atom is 0.0901 e. The Morgan fingerprint density at radius 2 is 2.12 bits per heavy atom. The average molecular weight is 135 g/mol. The second-order valence-electron chi connectivity index (χ2n) is 2.04. The fraction of sp³-hybridized carbons (Fsp3) is 0.800. The quantitative estimate of drug-likeness (QED) is 0.410. The molecule has 1 aliphatic rings. The van der Waals surface area contributed by atoms with E-state index in [0.717, 1.165) is 0 Å². The molecule has 1 fully saturated rings. The fourth-order valence-corrected chi connectivity index (χ4v) is 0.534. The molecule has 0 unspecified atom stereocenters. The standard InChI is InChI=1S/C5H10N2.ClH/c1-4(6)7-5-2-3-5;/h5H,2-3H2,1H3,(H2,6,7);1H. The van der Waals surface area contributed by atoms with E-state index < -0.39 is 0 Å². The lowest BCUT2D eigenvalue weighted by Crippen LogP contribution is -2.20. The van der Waals surface area contributed by atoms with E-state index in [9.17, 15) is 0 Å². The van der Waals surface area contributed by atoms with Gasteiger partial charge in [-0.15, -0.1) is 12.4 Å². The van der Waals surface area contributed by atoms with Gasteiger partial charge < -0.3 is 5.32 Å². The third kappa shape index (κ3) is 2.86. The zero-order valence-corrected chi connectivity index (χ0v) is 5.72. The van der Waals surface area contributed by atoms with E-state index in [1.54, 1.807) is 6.92 Å². The molecule has 0 heterocycles. The predicted molar refractivity (Wildman–Crippen MR) is 36.8 cm³/mol. The van der Waals surface area contributed by atoms with Crippen LogP contribution in [-0.4, -0.2) is 11.9 Å². The minimum absolute atomic E-state index is 0. The van der Waals surface area contributed by atoms with Crippen LogP contribution in [-0.2, 0) is 0 Å². The summed E-state index contributed by atoms with van der Waals surface area (Å²) in [6.45, 7) is 1.78. The van der Waals surface area contributed by atoms with Gasteiger partial charge in [0.1, 0.15) is 0 Å². The van der Waals surface area contributed by atoms with E-state index in [-0.39, 0.29) is 12.4 Å². The molecule has 0 amide bonds. The summed E-state index contributed by atoms with van der Waals surface area (Å²) in [6, 6.07) is 0.650. The zero-order valence-electron chi connectivity index (χ0n) is 4.90. The van der Waals surface area contributed by atoms with Crippen molar-refractivity contribution < 1.29 is 0 Å². The molecule has 3 heteroatoms. The van der Waals surface area contributed by atoms with Crippen LogP contribution in [0.15, 0.2) is 0 Å². The molecule has 0 bridgehead atoms. The lowest BCUT2D eigenvalue weighted by molar-refractivity contribution is 0.896. The lowest BCUT2D eigenvalue weighted by atomic mass is 10.6. The molecule has 0 atom stereocenters. The number of hydrogen-bond acceptors (Lipinski definition) is 1. The van der Waals surface area contributed by atoms with E-state index in [1.807, 2.05) is 0 Å². The first-order valence-corrected chi connectivity index (χ1v) is 2.61. The second kappa shape index (κ2) is 2.92. The number of rotatable bonds is 1. The number of hydrogen-bond donors (Lipinski definition) is 2. The smallest absolute Gasteiger partial charge is 0.0901 e. The van der Waals surface area contributed by atoms with Crippen molar-refractivity contribution in [1.82, 2.24) is 5.32 Å². The Morgan fingerprint density at radius 1 is 1.62 bits per heavy atom. The van der Waals surface area contributed by atoms with Gasteiger partial charge in [-0.25, -0.2) is 0 Å². The fourth-order valence-electron chi connectivity index (χ4n) is 0.534. The summed E-state index contributed by atoms with van der Waals surface area (Å²) >= 11 is 0. The third-order valence-corrected chi connectivity index (χ3v) is 0.998. The van der Waals surface area contributed by atoms with E-state index in [0.29, 0.717) is 11.9 Å². The Kier molecular flexibility index (Phi) is 2.84. The van der Waals surface area contributed by atoms with Gasteiger partial charge in [0.25, 0.3) is 0 Å². The highest BCUT2D eigenvalue weighted by molar-refractivity contribution is 5.85. The highest BCUT2D eigenvalue weighted by Crippen LogP contribution is 2.17. The Hall–Kier alpha value is -0.240. The molecule has 1 rings (SSSR count). The van der Waals surface area contributed by atoms with Crippen LogP contribution in [0.1, 0.15) is 19.8 Å². The van der Waals surface area contributed by atoms with Crippen molar-refractivity contribution in [1.29, 1.82) is 5.41 Å². The summed E-state index contributed by atoms with van der Waals surface area (Å²) in [5.74, 6) is 0.600. The van der Waals surface area contributed by atoms with Gasteiger partial charge in [-0.2, -0.15) is 0 Å². The van der Waals surface area contributed by atoms with Gasteiger partial charge in [0.15, 0.2) is 0 Å². The highest BCUT2D eigenvalue weighted by atomic mass is 35.5. The molecule has 1 saturated carbocycles. The summed E-state index contributed by atoms with van der Waals surface area (Å²) in [4.78, 5) is 0. The van der Waals surface area contributed by atoms with E-state index >= 15 is 0 Å². The normalized spacial score (nSPS) is 16.6. The van der Waals surface area contributed by atoms with Gasteiger partial charge in [0.05, 0.1) is 5.84 Å². The predicted octanol–water partition coefficient (Wildman–Crippen LogP) is 1.16. The Balaban J connectivity index is 0.000000490. The first kappa shape index (κ1) is 7.76. The molecule has 1 aliphatic carbocycles. The molecule has 48 valence electrons. The molecule has 0 saturated heterocycles. The van der Waals surface area contributed by atoms with Crippen LogP contribution in [0.2, 0.25) is 0 Å². The topological polar surface area (TPSA) is 35.9 Å². The summed E-state index contributed by atoms with van der Waals surface area (Å²) in [7, 11) is 0. The van der Waals surface area contributed by atoms with Crippen LogP contribution >= 0.6 is 12.4 Å². The van der Waals surface area contributed by atoms with Gasteiger partial charge in [0, 0.05) is 6.04 Å². The number of amidine groups is 1. The van der Waals surface area contributed by atoms with Crippen LogP contribution in [0.4, 0.5) is 0 Å². The first-order valence-electron chi connectivity index (χ1n) is 2.61. The molecule has 0 aliphatic heterocycles. The largest absolute Gasteiger partial charge is 0.372 e.